The van der Waals surface area contributed by atoms with Crippen LogP contribution in [0.1, 0.15) is 60.3 Å². The van der Waals surface area contributed by atoms with Crippen molar-refractivity contribution in [3.8, 4) is 0 Å². The first-order chi connectivity index (χ1) is 5.83. The summed E-state index contributed by atoms with van der Waals surface area (Å²) in [6.07, 6.45) is 5.27. The highest BCUT2D eigenvalue weighted by atomic mass is 32.1. The van der Waals surface area contributed by atoms with Crippen LogP contribution in [0.3, 0.4) is 0 Å². The first kappa shape index (κ1) is 13.1. The van der Waals surface area contributed by atoms with Crippen LogP contribution in [-0.4, -0.2) is 4.86 Å². The molecule has 0 heterocycles. The second-order valence-corrected chi connectivity index (χ2v) is 5.96. The molecule has 0 saturated heterocycles. The minimum atomic E-state index is 0.496. The van der Waals surface area contributed by atoms with E-state index in [9.17, 15) is 0 Å². The van der Waals surface area contributed by atoms with Crippen LogP contribution >= 0.6 is 12.2 Å². The van der Waals surface area contributed by atoms with Gasteiger partial charge in [0, 0.05) is 0 Å². The fourth-order valence-corrected chi connectivity index (χ4v) is 1.43. The summed E-state index contributed by atoms with van der Waals surface area (Å²) in [7, 11) is 0. The van der Waals surface area contributed by atoms with Gasteiger partial charge in [-0.25, -0.2) is 0 Å². The zero-order valence-corrected chi connectivity index (χ0v) is 10.6. The molecule has 0 spiro atoms. The molecule has 0 fully saturated rings. The van der Waals surface area contributed by atoms with E-state index in [0.29, 0.717) is 11.3 Å². The van der Waals surface area contributed by atoms with E-state index in [0.717, 1.165) is 4.86 Å². The van der Waals surface area contributed by atoms with Crippen LogP contribution in [0.2, 0.25) is 0 Å². The van der Waals surface area contributed by atoms with Gasteiger partial charge >= 0.3 is 0 Å². The van der Waals surface area contributed by atoms with Crippen LogP contribution in [0, 0.1) is 11.3 Å². The average Bonchev–Trinajstić information content (AvgIpc) is 1.95. The fourth-order valence-electron chi connectivity index (χ4n) is 1.31. The Morgan fingerprint density at radius 2 is 1.77 bits per heavy atom. The monoisotopic (exact) mass is 200 g/mol. The third-order valence-corrected chi connectivity index (χ3v) is 2.91. The summed E-state index contributed by atoms with van der Waals surface area (Å²) in [5.41, 5.74) is 0.496. The predicted octanol–water partition coefficient (Wildman–Crippen LogP) is 4.62. The second kappa shape index (κ2) is 5.74. The molecule has 0 N–H and O–H groups in total. The first-order valence-electron chi connectivity index (χ1n) is 5.33. The molecule has 0 radical (unpaired) electrons. The van der Waals surface area contributed by atoms with Crippen LogP contribution in [0.5, 0.6) is 0 Å². The van der Waals surface area contributed by atoms with Gasteiger partial charge in [-0.2, -0.15) is 0 Å². The van der Waals surface area contributed by atoms with E-state index >= 15 is 0 Å². The van der Waals surface area contributed by atoms with Crippen LogP contribution in [0.15, 0.2) is 0 Å². The number of thiocarbonyl (C=S) groups is 1. The molecule has 0 saturated carbocycles. The topological polar surface area (TPSA) is 0 Å². The number of hydrogen-bond acceptors (Lipinski definition) is 1. The molecule has 1 unspecified atom stereocenters. The van der Waals surface area contributed by atoms with E-state index in [2.05, 4.69) is 34.6 Å². The van der Waals surface area contributed by atoms with Crippen LogP contribution in [0.25, 0.3) is 0 Å². The Labute approximate surface area is 89.1 Å². The van der Waals surface area contributed by atoms with Gasteiger partial charge in [-0.1, -0.05) is 52.8 Å². The molecule has 0 aliphatic rings. The summed E-state index contributed by atoms with van der Waals surface area (Å²) in [5, 5.41) is 0. The Kier molecular flexibility index (Phi) is 5.78. The lowest BCUT2D eigenvalue weighted by atomic mass is 9.88. The zero-order valence-electron chi connectivity index (χ0n) is 9.81. The van der Waals surface area contributed by atoms with Crippen LogP contribution in [-0.2, 0) is 0 Å². The fraction of sp³-hybridized carbons (Fsp3) is 0.917. The lowest BCUT2D eigenvalue weighted by Gasteiger charge is -2.18. The Morgan fingerprint density at radius 1 is 1.23 bits per heavy atom. The van der Waals surface area contributed by atoms with E-state index in [1.807, 2.05) is 0 Å². The van der Waals surface area contributed by atoms with Crippen molar-refractivity contribution in [1.82, 2.24) is 0 Å². The SMILES string of the molecule is CC(=S)C(C)CCCCC(C)(C)C. The van der Waals surface area contributed by atoms with E-state index in [-0.39, 0.29) is 0 Å². The minimum absolute atomic E-state index is 0.496. The molecule has 1 heteroatoms. The Balaban J connectivity index is 3.41. The van der Waals surface area contributed by atoms with Crippen molar-refractivity contribution in [3.05, 3.63) is 0 Å². The van der Waals surface area contributed by atoms with E-state index < -0.39 is 0 Å². The number of rotatable bonds is 5. The van der Waals surface area contributed by atoms with Crippen molar-refractivity contribution in [1.29, 1.82) is 0 Å². The number of hydrogen-bond donors (Lipinski definition) is 0. The van der Waals surface area contributed by atoms with Crippen molar-refractivity contribution in [2.45, 2.75) is 60.3 Å². The summed E-state index contributed by atoms with van der Waals surface area (Å²) in [6, 6.07) is 0. The van der Waals surface area contributed by atoms with Crippen molar-refractivity contribution < 1.29 is 0 Å². The molecule has 0 aromatic heterocycles. The van der Waals surface area contributed by atoms with Gasteiger partial charge in [-0.15, -0.1) is 0 Å². The van der Waals surface area contributed by atoms with Gasteiger partial charge in [0.15, 0.2) is 0 Å². The largest absolute Gasteiger partial charge is 0.0897 e. The minimum Gasteiger partial charge on any atom is -0.0897 e. The van der Waals surface area contributed by atoms with Crippen LogP contribution < -0.4 is 0 Å². The highest BCUT2D eigenvalue weighted by Gasteiger charge is 2.10. The van der Waals surface area contributed by atoms with E-state index in [1.54, 1.807) is 0 Å². The predicted molar refractivity (Wildman–Crippen MR) is 65.4 cm³/mol. The van der Waals surface area contributed by atoms with Gasteiger partial charge in [0.1, 0.15) is 0 Å². The van der Waals surface area contributed by atoms with Gasteiger partial charge in [0.25, 0.3) is 0 Å². The quantitative estimate of drug-likeness (QED) is 0.461. The standard InChI is InChI=1S/C12H24S/c1-10(11(2)13)8-6-7-9-12(3,4)5/h10H,6-9H2,1-5H3. The Bertz CT molecular complexity index is 153. The molecule has 0 aromatic carbocycles. The Morgan fingerprint density at radius 3 is 2.15 bits per heavy atom. The molecule has 0 amide bonds. The highest BCUT2D eigenvalue weighted by molar-refractivity contribution is 7.80. The van der Waals surface area contributed by atoms with Gasteiger partial charge in [0.2, 0.25) is 0 Å². The van der Waals surface area contributed by atoms with Crippen molar-refractivity contribution >= 4 is 17.1 Å². The average molecular weight is 200 g/mol. The molecule has 78 valence electrons. The zero-order chi connectivity index (χ0) is 10.5. The van der Waals surface area contributed by atoms with Gasteiger partial charge < -0.3 is 0 Å². The van der Waals surface area contributed by atoms with Gasteiger partial charge in [-0.3, -0.25) is 0 Å². The maximum Gasteiger partial charge on any atom is -0.00743 e. The summed E-state index contributed by atoms with van der Waals surface area (Å²) >= 11 is 5.14. The van der Waals surface area contributed by atoms with Crippen LogP contribution in [0.4, 0.5) is 0 Å². The van der Waals surface area contributed by atoms with E-state index in [4.69, 9.17) is 12.2 Å². The Hall–Kier alpha value is 0.0900. The number of unbranched alkanes of at least 4 members (excludes halogenated alkanes) is 1. The lowest BCUT2D eigenvalue weighted by Crippen LogP contribution is -2.06. The second-order valence-electron chi connectivity index (χ2n) is 5.32. The van der Waals surface area contributed by atoms with Crippen molar-refractivity contribution in [3.63, 3.8) is 0 Å². The molecule has 0 aromatic rings. The summed E-state index contributed by atoms with van der Waals surface area (Å²) in [6.45, 7) is 11.2. The molecule has 0 bridgehead atoms. The molecule has 0 nitrogen and oxygen atoms in total. The van der Waals surface area contributed by atoms with Gasteiger partial charge in [0.05, 0.1) is 0 Å². The smallest absolute Gasteiger partial charge is 0.00743 e. The third-order valence-electron chi connectivity index (χ3n) is 2.51. The highest BCUT2D eigenvalue weighted by Crippen LogP contribution is 2.23. The molecular formula is C12H24S. The normalized spacial score (nSPS) is 14.2. The maximum absolute atomic E-state index is 5.14. The first-order valence-corrected chi connectivity index (χ1v) is 5.74. The van der Waals surface area contributed by atoms with Gasteiger partial charge in [-0.05, 0) is 36.0 Å². The molecule has 13 heavy (non-hydrogen) atoms. The summed E-state index contributed by atoms with van der Waals surface area (Å²) < 4.78 is 0. The van der Waals surface area contributed by atoms with Crippen molar-refractivity contribution in [2.24, 2.45) is 11.3 Å². The maximum atomic E-state index is 5.14. The third kappa shape index (κ3) is 8.42. The molecule has 0 rings (SSSR count). The molecule has 0 aliphatic carbocycles. The molecule has 0 aliphatic heterocycles. The van der Waals surface area contributed by atoms with E-state index in [1.165, 1.54) is 25.7 Å². The molecular weight excluding hydrogens is 176 g/mol. The van der Waals surface area contributed by atoms with Crippen molar-refractivity contribution in [2.75, 3.05) is 0 Å². The molecule has 1 atom stereocenters. The summed E-state index contributed by atoms with van der Waals surface area (Å²) in [5.74, 6) is 0.634. The summed E-state index contributed by atoms with van der Waals surface area (Å²) in [4.78, 5) is 1.16. The lowest BCUT2D eigenvalue weighted by molar-refractivity contribution is 0.355.